The van der Waals surface area contributed by atoms with Crippen LogP contribution < -0.4 is 10.6 Å². The lowest BCUT2D eigenvalue weighted by Gasteiger charge is -2.29. The zero-order chi connectivity index (χ0) is 22.3. The van der Waals surface area contributed by atoms with Gasteiger partial charge in [-0.25, -0.2) is 0 Å². The van der Waals surface area contributed by atoms with Gasteiger partial charge in [0.15, 0.2) is 5.96 Å². The molecule has 0 spiro atoms. The van der Waals surface area contributed by atoms with Crippen molar-refractivity contribution in [3.05, 3.63) is 35.2 Å². The van der Waals surface area contributed by atoms with Gasteiger partial charge in [0.05, 0.1) is 12.0 Å². The van der Waals surface area contributed by atoms with Gasteiger partial charge in [0, 0.05) is 44.2 Å². The number of guanidine groups is 1. The molecule has 1 saturated carbocycles. The van der Waals surface area contributed by atoms with E-state index in [2.05, 4.69) is 20.8 Å². The van der Waals surface area contributed by atoms with Gasteiger partial charge in [-0.15, -0.1) is 24.0 Å². The molecular weight excluding hydrogens is 543 g/mol. The topological polar surface area (TPSA) is 95.7 Å². The summed E-state index contributed by atoms with van der Waals surface area (Å²) < 4.78 is 5.36. The van der Waals surface area contributed by atoms with Crippen LogP contribution in [0.5, 0.6) is 0 Å². The first kappa shape index (κ1) is 26.4. The maximum absolute atomic E-state index is 12.8. The van der Waals surface area contributed by atoms with E-state index in [9.17, 15) is 4.79 Å². The monoisotopic (exact) mass is 574 g/mol. The van der Waals surface area contributed by atoms with Gasteiger partial charge in [-0.1, -0.05) is 41.7 Å². The first-order valence-corrected chi connectivity index (χ1v) is 11.1. The number of halogens is 2. The van der Waals surface area contributed by atoms with Crippen LogP contribution in [-0.2, 0) is 11.2 Å². The molecule has 176 valence electrons. The molecule has 1 heterocycles. The summed E-state index contributed by atoms with van der Waals surface area (Å²) in [6.07, 6.45) is 4.48. The summed E-state index contributed by atoms with van der Waals surface area (Å²) in [5.41, 5.74) is 0.433. The molecule has 1 aromatic carbocycles. The summed E-state index contributed by atoms with van der Waals surface area (Å²) >= 11 is 6.03. The summed E-state index contributed by atoms with van der Waals surface area (Å²) in [5.74, 6) is 1.91. The lowest BCUT2D eigenvalue weighted by molar-refractivity contribution is -0.138. The SMILES string of the molecule is CCNC(=NCC1(C(=O)N(C)C)CCCC1)NCCc1nc(-c2cccc(Cl)c2)no1.I. The quantitative estimate of drug-likeness (QED) is 0.283. The van der Waals surface area contributed by atoms with E-state index < -0.39 is 0 Å². The summed E-state index contributed by atoms with van der Waals surface area (Å²) in [5, 5.41) is 11.2. The molecule has 3 rings (SSSR count). The van der Waals surface area contributed by atoms with Crippen LogP contribution in [0.3, 0.4) is 0 Å². The highest BCUT2D eigenvalue weighted by atomic mass is 127. The number of benzene rings is 1. The van der Waals surface area contributed by atoms with Gasteiger partial charge in [0.1, 0.15) is 0 Å². The van der Waals surface area contributed by atoms with Crippen molar-refractivity contribution in [2.24, 2.45) is 10.4 Å². The van der Waals surface area contributed by atoms with Crippen LogP contribution >= 0.6 is 35.6 Å². The van der Waals surface area contributed by atoms with E-state index in [1.165, 1.54) is 0 Å². The molecule has 0 atom stereocenters. The van der Waals surface area contributed by atoms with Gasteiger partial charge >= 0.3 is 0 Å². The molecule has 1 aliphatic carbocycles. The Bertz CT molecular complexity index is 911. The summed E-state index contributed by atoms with van der Waals surface area (Å²) in [6.45, 7) is 3.82. The second-order valence-electron chi connectivity index (χ2n) is 8.08. The third-order valence-electron chi connectivity index (χ3n) is 5.49. The van der Waals surface area contributed by atoms with Crippen molar-refractivity contribution in [2.75, 3.05) is 33.7 Å². The zero-order valence-electron chi connectivity index (χ0n) is 18.9. The Labute approximate surface area is 211 Å². The van der Waals surface area contributed by atoms with E-state index in [0.717, 1.165) is 37.8 Å². The van der Waals surface area contributed by atoms with Gasteiger partial charge in [0.25, 0.3) is 0 Å². The van der Waals surface area contributed by atoms with Crippen LogP contribution in [0.2, 0.25) is 5.02 Å². The standard InChI is InChI=1S/C22H31ClN6O2.HI/c1-4-24-21(26-15-22(11-5-6-12-22)20(30)29(2)3)25-13-10-18-27-19(28-31-18)16-8-7-9-17(23)14-16;/h7-9,14H,4-6,10-13,15H2,1-3H3,(H2,24,25,26);1H. The van der Waals surface area contributed by atoms with E-state index in [4.69, 9.17) is 21.1 Å². The fraction of sp³-hybridized carbons (Fsp3) is 0.545. The molecule has 0 bridgehead atoms. The maximum Gasteiger partial charge on any atom is 0.230 e. The maximum atomic E-state index is 12.8. The highest BCUT2D eigenvalue weighted by molar-refractivity contribution is 14.0. The summed E-state index contributed by atoms with van der Waals surface area (Å²) in [4.78, 5) is 23.6. The fourth-order valence-corrected chi connectivity index (χ4v) is 4.12. The van der Waals surface area contributed by atoms with Crippen LogP contribution in [-0.4, -0.2) is 60.6 Å². The van der Waals surface area contributed by atoms with E-state index in [1.54, 1.807) is 17.0 Å². The van der Waals surface area contributed by atoms with Gasteiger partial charge in [0.2, 0.25) is 17.6 Å². The molecule has 0 saturated heterocycles. The number of nitrogens with one attached hydrogen (secondary N) is 2. The molecule has 32 heavy (non-hydrogen) atoms. The smallest absolute Gasteiger partial charge is 0.230 e. The number of aromatic nitrogens is 2. The van der Waals surface area contributed by atoms with Crippen molar-refractivity contribution >= 4 is 47.4 Å². The van der Waals surface area contributed by atoms with Crippen molar-refractivity contribution < 1.29 is 9.32 Å². The van der Waals surface area contributed by atoms with E-state index >= 15 is 0 Å². The number of aliphatic imine (C=N–C) groups is 1. The normalized spacial score (nSPS) is 15.2. The van der Waals surface area contributed by atoms with Crippen molar-refractivity contribution in [2.45, 2.75) is 39.0 Å². The first-order chi connectivity index (χ1) is 14.9. The predicted octanol–water partition coefficient (Wildman–Crippen LogP) is 3.75. The third-order valence-corrected chi connectivity index (χ3v) is 5.72. The van der Waals surface area contributed by atoms with Crippen molar-refractivity contribution in [3.63, 3.8) is 0 Å². The van der Waals surface area contributed by atoms with Crippen molar-refractivity contribution in [1.82, 2.24) is 25.7 Å². The molecule has 8 nitrogen and oxygen atoms in total. The average molecular weight is 575 g/mol. The highest BCUT2D eigenvalue weighted by Gasteiger charge is 2.42. The Morgan fingerprint density at radius 1 is 1.28 bits per heavy atom. The number of carbonyl (C=O) groups is 1. The number of carbonyl (C=O) groups excluding carboxylic acids is 1. The Balaban J connectivity index is 0.00000363. The predicted molar refractivity (Wildman–Crippen MR) is 137 cm³/mol. The lowest BCUT2D eigenvalue weighted by atomic mass is 9.85. The van der Waals surface area contributed by atoms with Crippen LogP contribution in [0.15, 0.2) is 33.8 Å². The Morgan fingerprint density at radius 3 is 2.69 bits per heavy atom. The number of rotatable bonds is 8. The minimum absolute atomic E-state index is 0. The van der Waals surface area contributed by atoms with Crippen LogP contribution in [0.4, 0.5) is 0 Å². The Kier molecular flexibility index (Phi) is 10.2. The number of hydrogen-bond donors (Lipinski definition) is 2. The van der Waals surface area contributed by atoms with Crippen molar-refractivity contribution in [3.8, 4) is 11.4 Å². The Hall–Kier alpha value is -1.88. The van der Waals surface area contributed by atoms with E-state index in [0.29, 0.717) is 42.2 Å². The van der Waals surface area contributed by atoms with Crippen LogP contribution in [0, 0.1) is 5.41 Å². The van der Waals surface area contributed by atoms with E-state index in [-0.39, 0.29) is 35.3 Å². The average Bonchev–Trinajstić information content (AvgIpc) is 3.42. The summed E-state index contributed by atoms with van der Waals surface area (Å²) in [7, 11) is 3.63. The minimum Gasteiger partial charge on any atom is -0.357 e. The van der Waals surface area contributed by atoms with Gasteiger partial charge in [-0.05, 0) is 31.9 Å². The van der Waals surface area contributed by atoms with Gasteiger partial charge in [-0.3, -0.25) is 9.79 Å². The molecule has 0 unspecified atom stereocenters. The minimum atomic E-state index is -0.385. The number of amides is 1. The second kappa shape index (κ2) is 12.4. The molecular formula is C22H32ClIN6O2. The zero-order valence-corrected chi connectivity index (χ0v) is 21.9. The van der Waals surface area contributed by atoms with Crippen LogP contribution in [0.25, 0.3) is 11.4 Å². The first-order valence-electron chi connectivity index (χ1n) is 10.8. The highest BCUT2D eigenvalue weighted by Crippen LogP contribution is 2.39. The second-order valence-corrected chi connectivity index (χ2v) is 8.52. The van der Waals surface area contributed by atoms with Gasteiger partial charge in [-0.2, -0.15) is 4.98 Å². The summed E-state index contributed by atoms with van der Waals surface area (Å²) in [6, 6.07) is 7.35. The molecule has 0 radical (unpaired) electrons. The van der Waals surface area contributed by atoms with Gasteiger partial charge < -0.3 is 20.1 Å². The van der Waals surface area contributed by atoms with Crippen LogP contribution in [0.1, 0.15) is 38.5 Å². The largest absolute Gasteiger partial charge is 0.357 e. The Morgan fingerprint density at radius 2 is 2.03 bits per heavy atom. The fourth-order valence-electron chi connectivity index (χ4n) is 3.93. The lowest BCUT2D eigenvalue weighted by Crippen LogP contribution is -2.43. The van der Waals surface area contributed by atoms with E-state index in [1.807, 2.05) is 33.2 Å². The molecule has 2 aromatic rings. The van der Waals surface area contributed by atoms with Crippen molar-refractivity contribution in [1.29, 1.82) is 0 Å². The number of hydrogen-bond acceptors (Lipinski definition) is 5. The molecule has 2 N–H and O–H groups in total. The molecule has 1 aliphatic rings. The number of nitrogens with zero attached hydrogens (tertiary/aromatic N) is 4. The molecule has 1 amide bonds. The molecule has 1 aromatic heterocycles. The molecule has 0 aliphatic heterocycles. The molecule has 10 heteroatoms. The molecule has 1 fully saturated rings. The third kappa shape index (κ3) is 6.81.